The Kier molecular flexibility index (Phi) is 43.9. The number of hydrogen-bond acceptors (Lipinski definition) is 10. The monoisotopic (exact) mass is 945 g/mol. The quantitative estimate of drug-likeness (QED) is 0.0264. The van der Waals surface area contributed by atoms with Gasteiger partial charge in [0.05, 0.1) is 13.2 Å². The van der Waals surface area contributed by atoms with Crippen LogP contribution in [0.3, 0.4) is 0 Å². The van der Waals surface area contributed by atoms with Gasteiger partial charge in [0, 0.05) is 12.8 Å². The van der Waals surface area contributed by atoms with E-state index in [1.165, 1.54) is 128 Å². The third kappa shape index (κ3) is 37.9. The van der Waals surface area contributed by atoms with E-state index in [2.05, 4.69) is 74.6 Å². The van der Waals surface area contributed by atoms with Gasteiger partial charge in [0.15, 0.2) is 12.4 Å². The second-order valence-corrected chi connectivity index (χ2v) is 18.7. The molecule has 1 fully saturated rings. The summed E-state index contributed by atoms with van der Waals surface area (Å²) >= 11 is 0. The number of aliphatic hydroxyl groups is 4. The van der Waals surface area contributed by atoms with Crippen LogP contribution in [-0.2, 0) is 28.5 Å². The fourth-order valence-corrected chi connectivity index (χ4v) is 8.16. The zero-order valence-electron chi connectivity index (χ0n) is 42.6. The Morgan fingerprint density at radius 2 is 0.881 bits per heavy atom. The van der Waals surface area contributed by atoms with E-state index in [1.807, 2.05) is 0 Å². The zero-order chi connectivity index (χ0) is 48.7. The maximum atomic E-state index is 12.8. The lowest BCUT2D eigenvalue weighted by Gasteiger charge is -2.39. The number of ether oxygens (including phenoxy) is 4. The first-order valence-corrected chi connectivity index (χ1v) is 27.4. The summed E-state index contributed by atoms with van der Waals surface area (Å²) < 4.78 is 22.2. The summed E-state index contributed by atoms with van der Waals surface area (Å²) in [6, 6.07) is 0. The highest BCUT2D eigenvalue weighted by Crippen LogP contribution is 2.23. The van der Waals surface area contributed by atoms with Crippen molar-refractivity contribution in [2.75, 3.05) is 19.8 Å². The van der Waals surface area contributed by atoms with Crippen molar-refractivity contribution in [3.05, 3.63) is 60.8 Å². The molecule has 1 aliphatic heterocycles. The second-order valence-electron chi connectivity index (χ2n) is 18.7. The number of carbonyl (C=O) groups is 2. The van der Waals surface area contributed by atoms with Gasteiger partial charge in [-0.05, 0) is 57.8 Å². The van der Waals surface area contributed by atoms with Gasteiger partial charge in [-0.3, -0.25) is 9.59 Å². The van der Waals surface area contributed by atoms with Crippen LogP contribution in [0.2, 0.25) is 0 Å². The number of aliphatic hydroxyl groups excluding tert-OH is 4. The average molecular weight is 945 g/mol. The topological polar surface area (TPSA) is 152 Å². The van der Waals surface area contributed by atoms with E-state index >= 15 is 0 Å². The van der Waals surface area contributed by atoms with E-state index in [0.717, 1.165) is 70.6 Å². The van der Waals surface area contributed by atoms with Crippen LogP contribution in [0.15, 0.2) is 60.8 Å². The number of unbranched alkanes of at least 4 members (excludes halogenated alkanes) is 25. The first kappa shape index (κ1) is 62.4. The maximum Gasteiger partial charge on any atom is 0.306 e. The van der Waals surface area contributed by atoms with Crippen LogP contribution >= 0.6 is 0 Å². The van der Waals surface area contributed by atoms with Gasteiger partial charge in [-0.25, -0.2) is 0 Å². The summed E-state index contributed by atoms with van der Waals surface area (Å²) in [5.41, 5.74) is 0. The summed E-state index contributed by atoms with van der Waals surface area (Å²) in [7, 11) is 0. The van der Waals surface area contributed by atoms with Crippen LogP contribution in [-0.4, -0.2) is 89.0 Å². The highest BCUT2D eigenvalue weighted by molar-refractivity contribution is 5.70. The predicted octanol–water partition coefficient (Wildman–Crippen LogP) is 13.3. The van der Waals surface area contributed by atoms with Crippen molar-refractivity contribution in [1.29, 1.82) is 0 Å². The van der Waals surface area contributed by atoms with Crippen molar-refractivity contribution < 1.29 is 49.0 Å². The van der Waals surface area contributed by atoms with Crippen LogP contribution in [0.25, 0.3) is 0 Å². The Labute approximate surface area is 409 Å². The Hall–Kier alpha value is -2.60. The van der Waals surface area contributed by atoms with Gasteiger partial charge < -0.3 is 39.4 Å². The summed E-state index contributed by atoms with van der Waals surface area (Å²) in [5.74, 6) is -0.837. The number of allylic oxidation sites excluding steroid dienone is 10. The van der Waals surface area contributed by atoms with Crippen molar-refractivity contribution in [3.8, 4) is 0 Å². The summed E-state index contributed by atoms with van der Waals surface area (Å²) in [6.45, 7) is 3.31. The van der Waals surface area contributed by atoms with Crippen molar-refractivity contribution in [2.45, 2.75) is 269 Å². The molecule has 0 amide bonds. The molecule has 0 saturated carbocycles. The molecule has 4 N–H and O–H groups in total. The highest BCUT2D eigenvalue weighted by atomic mass is 16.7. The summed E-state index contributed by atoms with van der Waals surface area (Å²) in [6.07, 6.45) is 52.4. The number of hydrogen-bond donors (Lipinski definition) is 4. The van der Waals surface area contributed by atoms with Gasteiger partial charge in [-0.15, -0.1) is 0 Å². The molecule has 0 bridgehead atoms. The van der Waals surface area contributed by atoms with Crippen LogP contribution < -0.4 is 0 Å². The van der Waals surface area contributed by atoms with Gasteiger partial charge in [-0.2, -0.15) is 0 Å². The summed E-state index contributed by atoms with van der Waals surface area (Å²) in [5, 5.41) is 40.2. The Morgan fingerprint density at radius 1 is 0.478 bits per heavy atom. The normalized spacial score (nSPS) is 19.5. The number of carbonyl (C=O) groups excluding carboxylic acids is 2. The molecule has 10 heteroatoms. The molecule has 1 rings (SSSR count). The third-order valence-electron chi connectivity index (χ3n) is 12.4. The first-order chi connectivity index (χ1) is 32.8. The largest absolute Gasteiger partial charge is 0.462 e. The molecule has 0 aromatic carbocycles. The smallest absolute Gasteiger partial charge is 0.306 e. The molecular formula is C57H100O10. The van der Waals surface area contributed by atoms with Crippen molar-refractivity contribution in [1.82, 2.24) is 0 Å². The molecule has 0 radical (unpaired) electrons. The fourth-order valence-electron chi connectivity index (χ4n) is 8.16. The van der Waals surface area contributed by atoms with E-state index in [1.54, 1.807) is 0 Å². The van der Waals surface area contributed by atoms with Gasteiger partial charge in [0.1, 0.15) is 31.0 Å². The minimum Gasteiger partial charge on any atom is -0.462 e. The van der Waals surface area contributed by atoms with Crippen LogP contribution in [0.5, 0.6) is 0 Å². The molecule has 1 heterocycles. The lowest BCUT2D eigenvalue weighted by molar-refractivity contribution is -0.305. The SMILES string of the molecule is CC/C=C/C/C=C/C/C=C/C/C=C/C/C=C/CCCCCC(=O)O[C@@H](COC(=O)CCCCCCCCCCCCCCCCCCCCCCCCC)CO[C@H]1O[C@@H](CO)[C@@H](O)C(O)C1O. The van der Waals surface area contributed by atoms with Crippen LogP contribution in [0.1, 0.15) is 232 Å². The fraction of sp³-hybridized carbons (Fsp3) is 0.789. The molecule has 6 atom stereocenters. The van der Waals surface area contributed by atoms with Gasteiger partial charge in [0.25, 0.3) is 0 Å². The molecule has 0 aromatic heterocycles. The van der Waals surface area contributed by atoms with Crippen molar-refractivity contribution >= 4 is 11.9 Å². The lowest BCUT2D eigenvalue weighted by atomic mass is 9.99. The minimum atomic E-state index is -1.60. The summed E-state index contributed by atoms with van der Waals surface area (Å²) in [4.78, 5) is 25.5. The zero-order valence-corrected chi connectivity index (χ0v) is 42.6. The van der Waals surface area contributed by atoms with E-state index in [4.69, 9.17) is 18.9 Å². The van der Waals surface area contributed by atoms with E-state index in [-0.39, 0.29) is 32.0 Å². The molecule has 0 aromatic rings. The van der Waals surface area contributed by atoms with Crippen LogP contribution in [0, 0.1) is 0 Å². The van der Waals surface area contributed by atoms with E-state index in [9.17, 15) is 30.0 Å². The average Bonchev–Trinajstić information content (AvgIpc) is 3.33. The van der Waals surface area contributed by atoms with Gasteiger partial charge in [-0.1, -0.05) is 222 Å². The van der Waals surface area contributed by atoms with Crippen LogP contribution in [0.4, 0.5) is 0 Å². The minimum absolute atomic E-state index is 0.190. The molecule has 10 nitrogen and oxygen atoms in total. The van der Waals surface area contributed by atoms with Crippen molar-refractivity contribution in [3.63, 3.8) is 0 Å². The maximum absolute atomic E-state index is 12.8. The van der Waals surface area contributed by atoms with E-state index in [0.29, 0.717) is 6.42 Å². The first-order valence-electron chi connectivity index (χ1n) is 27.4. The number of rotatable bonds is 46. The Bertz CT molecular complexity index is 1280. The molecule has 1 saturated heterocycles. The molecule has 388 valence electrons. The molecule has 1 aliphatic rings. The Morgan fingerprint density at radius 3 is 1.33 bits per heavy atom. The van der Waals surface area contributed by atoms with Crippen molar-refractivity contribution in [2.24, 2.45) is 0 Å². The molecule has 0 aliphatic carbocycles. The highest BCUT2D eigenvalue weighted by Gasteiger charge is 2.44. The predicted molar refractivity (Wildman–Crippen MR) is 275 cm³/mol. The second kappa shape index (κ2) is 47.1. The standard InChI is InChI=1S/C57H100O10/c1-3-5-7-9-11-13-15-17-19-21-23-24-25-26-28-29-31-33-35-37-39-41-43-45-52(59)64-48-50(49-65-57-56(63)55(62)54(61)51(47-58)67-57)66-53(60)46-44-42-40-38-36-34-32-30-27-22-20-18-16-14-12-10-8-6-4-2/h6,8,12,14,18,20,27,30,34,36,50-51,54-58,61-63H,3-5,7,9-11,13,15-17,19,21-26,28-29,31-33,35,37-49H2,1-2H3/b8-6+,14-12+,20-18+,30-27+,36-34+/t50-,51-,54+,55?,56?,57-/m0/s1. The lowest BCUT2D eigenvalue weighted by Crippen LogP contribution is -2.59. The Balaban J connectivity index is 2.24. The van der Waals surface area contributed by atoms with Gasteiger partial charge in [0.2, 0.25) is 0 Å². The van der Waals surface area contributed by atoms with E-state index < -0.39 is 49.4 Å². The molecule has 67 heavy (non-hydrogen) atoms. The number of esters is 2. The third-order valence-corrected chi connectivity index (χ3v) is 12.4. The molecule has 0 spiro atoms. The molecule has 2 unspecified atom stereocenters. The van der Waals surface area contributed by atoms with Gasteiger partial charge >= 0.3 is 11.9 Å². The molecular weight excluding hydrogens is 845 g/mol.